The van der Waals surface area contributed by atoms with Crippen LogP contribution in [0.15, 0.2) is 29.6 Å². The van der Waals surface area contributed by atoms with E-state index in [1.54, 1.807) is 17.5 Å². The Balaban J connectivity index is 1.28. The molecule has 32 heavy (non-hydrogen) atoms. The summed E-state index contributed by atoms with van der Waals surface area (Å²) in [5.41, 5.74) is 1.15. The Labute approximate surface area is 190 Å². The number of benzene rings is 1. The van der Waals surface area contributed by atoms with Gasteiger partial charge in [-0.3, -0.25) is 14.4 Å². The lowest BCUT2D eigenvalue weighted by molar-refractivity contribution is -0.131. The molecule has 0 saturated carbocycles. The number of carbonyl (C=O) groups is 3. The zero-order chi connectivity index (χ0) is 22.5. The molecule has 2 fully saturated rings. The van der Waals surface area contributed by atoms with Gasteiger partial charge in [0, 0.05) is 30.9 Å². The highest BCUT2D eigenvalue weighted by atomic mass is 32.1. The van der Waals surface area contributed by atoms with Crippen molar-refractivity contribution in [2.45, 2.75) is 50.5 Å². The van der Waals surface area contributed by atoms with Crippen molar-refractivity contribution in [3.8, 4) is 0 Å². The highest BCUT2D eigenvalue weighted by Crippen LogP contribution is 2.30. The highest BCUT2D eigenvalue weighted by Gasteiger charge is 2.28. The molecule has 2 aliphatic rings. The van der Waals surface area contributed by atoms with E-state index in [1.807, 2.05) is 4.90 Å². The molecule has 4 rings (SSSR count). The molecule has 170 valence electrons. The van der Waals surface area contributed by atoms with Crippen molar-refractivity contribution in [1.82, 2.24) is 20.5 Å². The molecule has 7 nitrogen and oxygen atoms in total. The third kappa shape index (κ3) is 5.51. The number of aromatic nitrogens is 1. The van der Waals surface area contributed by atoms with Crippen molar-refractivity contribution < 1.29 is 18.8 Å². The maximum Gasteiger partial charge on any atom is 0.271 e. The molecule has 0 spiro atoms. The molecule has 3 amide bonds. The number of hydrogen-bond donors (Lipinski definition) is 2. The number of rotatable bonds is 5. The number of nitrogens with one attached hydrogen (secondary N) is 2. The predicted octanol–water partition coefficient (Wildman–Crippen LogP) is 2.63. The van der Waals surface area contributed by atoms with Crippen LogP contribution in [0.3, 0.4) is 0 Å². The zero-order valence-corrected chi connectivity index (χ0v) is 18.6. The predicted molar refractivity (Wildman–Crippen MR) is 119 cm³/mol. The SMILES string of the molecule is O=C(NC1CCCCNC1=O)c1csc(C2CCN(C(=O)Cc3ccc(F)cc3)CC2)n1. The number of nitrogens with zero attached hydrogens (tertiary/aromatic N) is 2. The van der Waals surface area contributed by atoms with Crippen molar-refractivity contribution in [2.75, 3.05) is 19.6 Å². The Morgan fingerprint density at radius 3 is 2.66 bits per heavy atom. The van der Waals surface area contributed by atoms with Crippen LogP contribution >= 0.6 is 11.3 Å². The van der Waals surface area contributed by atoms with E-state index in [1.165, 1.54) is 23.5 Å². The summed E-state index contributed by atoms with van der Waals surface area (Å²) in [6.07, 6.45) is 4.29. The molecule has 0 bridgehead atoms. The molecule has 2 aromatic rings. The number of amides is 3. The fourth-order valence-corrected chi connectivity index (χ4v) is 5.12. The highest BCUT2D eigenvalue weighted by molar-refractivity contribution is 7.09. The smallest absolute Gasteiger partial charge is 0.271 e. The lowest BCUT2D eigenvalue weighted by atomic mass is 9.97. The molecule has 2 saturated heterocycles. The fraction of sp³-hybridized carbons (Fsp3) is 0.478. The number of halogens is 1. The van der Waals surface area contributed by atoms with E-state index in [0.717, 1.165) is 36.3 Å². The Hall–Kier alpha value is -2.81. The lowest BCUT2D eigenvalue weighted by Crippen LogP contribution is -2.45. The Morgan fingerprint density at radius 2 is 1.91 bits per heavy atom. The summed E-state index contributed by atoms with van der Waals surface area (Å²) in [5.74, 6) is -0.519. The Bertz CT molecular complexity index is 970. The van der Waals surface area contributed by atoms with E-state index in [4.69, 9.17) is 0 Å². The second-order valence-corrected chi connectivity index (χ2v) is 9.23. The van der Waals surface area contributed by atoms with Gasteiger partial charge in [-0.2, -0.15) is 0 Å². The molecule has 0 radical (unpaired) electrons. The minimum atomic E-state index is -0.509. The quantitative estimate of drug-likeness (QED) is 0.721. The second kappa shape index (κ2) is 10.2. The van der Waals surface area contributed by atoms with Crippen molar-refractivity contribution >= 4 is 29.1 Å². The zero-order valence-electron chi connectivity index (χ0n) is 17.8. The van der Waals surface area contributed by atoms with Crippen molar-refractivity contribution in [3.63, 3.8) is 0 Å². The van der Waals surface area contributed by atoms with Gasteiger partial charge in [0.1, 0.15) is 17.6 Å². The van der Waals surface area contributed by atoms with Gasteiger partial charge in [0.15, 0.2) is 0 Å². The van der Waals surface area contributed by atoms with Crippen molar-refractivity contribution in [3.05, 3.63) is 51.7 Å². The molecule has 1 aromatic heterocycles. The first-order chi connectivity index (χ1) is 15.5. The summed E-state index contributed by atoms with van der Waals surface area (Å²) < 4.78 is 13.0. The fourth-order valence-electron chi connectivity index (χ4n) is 4.15. The molecular formula is C23H27FN4O3S. The summed E-state index contributed by atoms with van der Waals surface area (Å²) in [6.45, 7) is 1.92. The first-order valence-electron chi connectivity index (χ1n) is 11.1. The monoisotopic (exact) mass is 458 g/mol. The third-order valence-electron chi connectivity index (χ3n) is 6.06. The first-order valence-corrected chi connectivity index (χ1v) is 11.9. The largest absolute Gasteiger partial charge is 0.354 e. The molecule has 9 heteroatoms. The van der Waals surface area contributed by atoms with Gasteiger partial charge < -0.3 is 15.5 Å². The van der Waals surface area contributed by atoms with Crippen LogP contribution in [0, 0.1) is 5.82 Å². The van der Waals surface area contributed by atoms with Crippen molar-refractivity contribution in [2.24, 2.45) is 0 Å². The molecular weight excluding hydrogens is 431 g/mol. The van der Waals surface area contributed by atoms with Crippen molar-refractivity contribution in [1.29, 1.82) is 0 Å². The van der Waals surface area contributed by atoms with Gasteiger partial charge in [-0.1, -0.05) is 12.1 Å². The summed E-state index contributed by atoms with van der Waals surface area (Å²) in [4.78, 5) is 43.6. The average Bonchev–Trinajstić information content (AvgIpc) is 3.21. The van der Waals surface area contributed by atoms with Crippen LogP contribution in [0.4, 0.5) is 4.39 Å². The molecule has 1 unspecified atom stereocenters. The number of thiazole rings is 1. The molecule has 2 N–H and O–H groups in total. The minimum Gasteiger partial charge on any atom is -0.354 e. The average molecular weight is 459 g/mol. The van der Waals surface area contributed by atoms with Crippen LogP contribution in [0.2, 0.25) is 0 Å². The first kappa shape index (κ1) is 22.4. The van der Waals surface area contributed by atoms with Gasteiger partial charge >= 0.3 is 0 Å². The van der Waals surface area contributed by atoms with E-state index >= 15 is 0 Å². The maximum absolute atomic E-state index is 13.0. The van der Waals surface area contributed by atoms with Gasteiger partial charge in [0.05, 0.1) is 11.4 Å². The molecule has 0 aliphatic carbocycles. The van der Waals surface area contributed by atoms with Gasteiger partial charge in [-0.25, -0.2) is 9.37 Å². The molecule has 1 atom stereocenters. The van der Waals surface area contributed by atoms with Crippen LogP contribution in [0.25, 0.3) is 0 Å². The van der Waals surface area contributed by atoms with Gasteiger partial charge in [-0.05, 0) is 49.8 Å². The molecule has 2 aliphatic heterocycles. The summed E-state index contributed by atoms with van der Waals surface area (Å²) in [6, 6.07) is 5.51. The van der Waals surface area contributed by atoms with E-state index in [9.17, 15) is 18.8 Å². The standard InChI is InChI=1S/C23H27FN4O3S/c24-17-6-4-15(5-7-17)13-20(29)28-11-8-16(9-12-28)23-27-19(14-32-23)22(31)26-18-3-1-2-10-25-21(18)30/h4-7,14,16,18H,1-3,8-13H2,(H,25,30)(H,26,31). The molecule has 1 aromatic carbocycles. The maximum atomic E-state index is 13.0. The summed E-state index contributed by atoms with van der Waals surface area (Å²) in [7, 11) is 0. The number of likely N-dealkylation sites (tertiary alicyclic amines) is 1. The van der Waals surface area contributed by atoms with E-state index in [0.29, 0.717) is 31.7 Å². The topological polar surface area (TPSA) is 91.4 Å². The Kier molecular flexibility index (Phi) is 7.14. The van der Waals surface area contributed by atoms with Crippen LogP contribution in [0.1, 0.15) is 59.1 Å². The second-order valence-electron chi connectivity index (χ2n) is 8.34. The minimum absolute atomic E-state index is 0.0379. The summed E-state index contributed by atoms with van der Waals surface area (Å²) in [5, 5.41) is 8.26. The van der Waals surface area contributed by atoms with Crippen LogP contribution in [-0.4, -0.2) is 53.3 Å². The van der Waals surface area contributed by atoms with E-state index in [-0.39, 0.29) is 35.9 Å². The van der Waals surface area contributed by atoms with Crippen LogP contribution in [-0.2, 0) is 16.0 Å². The van der Waals surface area contributed by atoms with Gasteiger partial charge in [-0.15, -0.1) is 11.3 Å². The van der Waals surface area contributed by atoms with Crippen LogP contribution in [0.5, 0.6) is 0 Å². The van der Waals surface area contributed by atoms with Gasteiger partial charge in [0.2, 0.25) is 11.8 Å². The number of hydrogen-bond acceptors (Lipinski definition) is 5. The Morgan fingerprint density at radius 1 is 1.16 bits per heavy atom. The van der Waals surface area contributed by atoms with E-state index in [2.05, 4.69) is 15.6 Å². The van der Waals surface area contributed by atoms with E-state index < -0.39 is 6.04 Å². The normalized spacial score (nSPS) is 19.8. The number of piperidine rings is 1. The third-order valence-corrected chi connectivity index (χ3v) is 7.07. The molecule has 3 heterocycles. The lowest BCUT2D eigenvalue weighted by Gasteiger charge is -2.31. The number of carbonyl (C=O) groups excluding carboxylic acids is 3. The van der Waals surface area contributed by atoms with Gasteiger partial charge in [0.25, 0.3) is 5.91 Å². The summed E-state index contributed by atoms with van der Waals surface area (Å²) >= 11 is 1.45. The van der Waals surface area contributed by atoms with Crippen LogP contribution < -0.4 is 10.6 Å².